The van der Waals surface area contributed by atoms with Crippen LogP contribution in [0.3, 0.4) is 0 Å². The van der Waals surface area contributed by atoms with E-state index in [-0.39, 0.29) is 18.1 Å². The minimum Gasteiger partial charge on any atom is -0.478 e. The van der Waals surface area contributed by atoms with Gasteiger partial charge in [0.2, 0.25) is 0 Å². The van der Waals surface area contributed by atoms with Crippen LogP contribution in [0.25, 0.3) is 23.3 Å². The van der Waals surface area contributed by atoms with Gasteiger partial charge < -0.3 is 19.6 Å². The van der Waals surface area contributed by atoms with Crippen molar-refractivity contribution in [3.8, 4) is 0 Å². The number of carboxylic acid groups (broad SMARTS) is 1. The first kappa shape index (κ1) is 37.3. The molecule has 2 unspecified atom stereocenters. The third-order valence-corrected chi connectivity index (χ3v) is 11.4. The zero-order chi connectivity index (χ0) is 37.2. The predicted molar refractivity (Wildman–Crippen MR) is 214 cm³/mol. The van der Waals surface area contributed by atoms with E-state index in [9.17, 15) is 14.7 Å². The van der Waals surface area contributed by atoms with Crippen LogP contribution >= 0.6 is 31.9 Å². The lowest BCUT2D eigenvalue weighted by Gasteiger charge is -2.38. The number of nitrogens with zero attached hydrogens (tertiary/aromatic N) is 6. The third-order valence-electron chi connectivity index (χ3n) is 10.5. The van der Waals surface area contributed by atoms with Crippen LogP contribution in [0.2, 0.25) is 0 Å². The molecule has 2 aromatic carbocycles. The molecule has 2 aliphatic carbocycles. The molecule has 12 heteroatoms. The number of aromatic nitrogens is 2. The normalized spacial score (nSPS) is 20.5. The molecule has 0 amide bonds. The summed E-state index contributed by atoms with van der Waals surface area (Å²) in [6.07, 6.45) is 7.30. The van der Waals surface area contributed by atoms with Gasteiger partial charge in [-0.2, -0.15) is 0 Å². The number of piperazine rings is 2. The van der Waals surface area contributed by atoms with E-state index in [0.717, 1.165) is 106 Å². The Labute approximate surface area is 327 Å². The van der Waals surface area contributed by atoms with Crippen LogP contribution in [0.4, 0.5) is 0 Å². The van der Waals surface area contributed by atoms with E-state index in [2.05, 4.69) is 71.6 Å². The lowest BCUT2D eigenvalue weighted by molar-refractivity contribution is -0.133. The van der Waals surface area contributed by atoms with Crippen molar-refractivity contribution >= 4 is 67.1 Å². The maximum Gasteiger partial charge on any atom is 0.338 e. The molecule has 10 nitrogen and oxygen atoms in total. The molecule has 4 heterocycles. The first-order valence-electron chi connectivity index (χ1n) is 17.7. The van der Waals surface area contributed by atoms with Gasteiger partial charge >= 0.3 is 11.9 Å². The number of hydrogen-bond acceptors (Lipinski definition) is 9. The molecule has 1 N–H and O–H groups in total. The number of benzene rings is 2. The summed E-state index contributed by atoms with van der Waals surface area (Å²) in [5, 5.41) is 9.82. The SMILES string of the molecule is CN1CCN(C2c3ccccc3C(C(=O)O)=Cc3cc(Br)cnc32)CC1.COC(=O)C1=Cc2cc(Br)cnc2C(N2CCN(C)CC2)c2ccccc21. The summed E-state index contributed by atoms with van der Waals surface area (Å²) in [5.41, 5.74) is 8.41. The Morgan fingerprint density at radius 1 is 0.679 bits per heavy atom. The Kier molecular flexibility index (Phi) is 11.4. The minimum atomic E-state index is -0.914. The van der Waals surface area contributed by atoms with Crippen molar-refractivity contribution in [2.24, 2.45) is 0 Å². The van der Waals surface area contributed by atoms with Crippen LogP contribution in [0.15, 0.2) is 82.0 Å². The molecule has 2 atom stereocenters. The van der Waals surface area contributed by atoms with Gasteiger partial charge in [-0.3, -0.25) is 19.8 Å². The molecular formula is C41H42Br2N6O4. The Morgan fingerprint density at radius 3 is 1.53 bits per heavy atom. The molecule has 0 bridgehead atoms. The highest BCUT2D eigenvalue weighted by Gasteiger charge is 2.35. The van der Waals surface area contributed by atoms with Crippen molar-refractivity contribution < 1.29 is 19.4 Å². The summed E-state index contributed by atoms with van der Waals surface area (Å²) < 4.78 is 6.82. The maximum atomic E-state index is 12.6. The molecule has 53 heavy (non-hydrogen) atoms. The van der Waals surface area contributed by atoms with E-state index in [1.807, 2.05) is 66.9 Å². The lowest BCUT2D eigenvalue weighted by Crippen LogP contribution is -2.46. The van der Waals surface area contributed by atoms with Crippen LogP contribution in [-0.4, -0.2) is 120 Å². The van der Waals surface area contributed by atoms with E-state index in [1.165, 1.54) is 7.11 Å². The number of pyridine rings is 2. The van der Waals surface area contributed by atoms with Gasteiger partial charge in [-0.25, -0.2) is 9.59 Å². The van der Waals surface area contributed by atoms with Gasteiger partial charge in [-0.15, -0.1) is 0 Å². The van der Waals surface area contributed by atoms with Gasteiger partial charge in [0.05, 0.1) is 41.7 Å². The highest BCUT2D eigenvalue weighted by molar-refractivity contribution is 9.10. The molecule has 0 spiro atoms. The number of ether oxygens (including phenoxy) is 1. The second-order valence-electron chi connectivity index (χ2n) is 13.8. The number of carboxylic acids is 1. The number of likely N-dealkylation sites (N-methyl/N-ethyl adjacent to an activating group) is 2. The molecule has 2 aromatic heterocycles. The van der Waals surface area contributed by atoms with Crippen molar-refractivity contribution in [1.29, 1.82) is 0 Å². The number of carbonyl (C=O) groups is 2. The lowest BCUT2D eigenvalue weighted by atomic mass is 9.93. The van der Waals surface area contributed by atoms with Gasteiger partial charge in [-0.1, -0.05) is 48.5 Å². The Hall–Kier alpha value is -4.04. The number of aliphatic carboxylic acids is 1. The van der Waals surface area contributed by atoms with E-state index >= 15 is 0 Å². The summed E-state index contributed by atoms with van der Waals surface area (Å²) in [6.45, 7) is 7.78. The molecule has 0 radical (unpaired) electrons. The Balaban J connectivity index is 0.000000164. The molecule has 4 aromatic rings. The average molecular weight is 843 g/mol. The van der Waals surface area contributed by atoms with E-state index < -0.39 is 5.97 Å². The molecular weight excluding hydrogens is 800 g/mol. The smallest absolute Gasteiger partial charge is 0.338 e. The fourth-order valence-corrected chi connectivity index (χ4v) is 8.40. The second-order valence-corrected chi connectivity index (χ2v) is 15.7. The molecule has 2 fully saturated rings. The topological polar surface area (TPSA) is 102 Å². The van der Waals surface area contributed by atoms with Gasteiger partial charge in [0.1, 0.15) is 0 Å². The molecule has 0 saturated carbocycles. The first-order valence-corrected chi connectivity index (χ1v) is 19.3. The van der Waals surface area contributed by atoms with Crippen molar-refractivity contribution in [2.45, 2.75) is 12.1 Å². The fourth-order valence-electron chi connectivity index (χ4n) is 7.70. The van der Waals surface area contributed by atoms with Gasteiger partial charge in [-0.05, 0) is 104 Å². The molecule has 4 aliphatic rings. The monoisotopic (exact) mass is 840 g/mol. The average Bonchev–Trinajstić information content (AvgIpc) is 3.40. The molecule has 274 valence electrons. The van der Waals surface area contributed by atoms with Crippen LogP contribution in [0.1, 0.15) is 56.9 Å². The summed E-state index contributed by atoms with van der Waals surface area (Å²) >= 11 is 6.99. The van der Waals surface area contributed by atoms with Crippen LogP contribution in [0.5, 0.6) is 0 Å². The molecule has 2 aliphatic heterocycles. The van der Waals surface area contributed by atoms with Crippen molar-refractivity contribution in [3.05, 3.63) is 127 Å². The summed E-state index contributed by atoms with van der Waals surface area (Å²) in [7, 11) is 5.71. The highest BCUT2D eigenvalue weighted by atomic mass is 79.9. The van der Waals surface area contributed by atoms with E-state index in [4.69, 9.17) is 14.7 Å². The van der Waals surface area contributed by atoms with Crippen LogP contribution in [0, 0.1) is 0 Å². The second kappa shape index (κ2) is 16.1. The van der Waals surface area contributed by atoms with Crippen molar-refractivity contribution in [1.82, 2.24) is 29.6 Å². The van der Waals surface area contributed by atoms with Crippen LogP contribution < -0.4 is 0 Å². The highest BCUT2D eigenvalue weighted by Crippen LogP contribution is 2.42. The van der Waals surface area contributed by atoms with Gasteiger partial charge in [0.15, 0.2) is 0 Å². The first-order chi connectivity index (χ1) is 25.6. The Morgan fingerprint density at radius 2 is 1.09 bits per heavy atom. The number of esters is 1. The van der Waals surface area contributed by atoms with Gasteiger partial charge in [0.25, 0.3) is 0 Å². The summed E-state index contributed by atoms with van der Waals surface area (Å²) in [4.78, 5) is 43.5. The number of halogens is 2. The number of fused-ring (bicyclic) bond motifs is 4. The van der Waals surface area contributed by atoms with Gasteiger partial charge in [0, 0.05) is 73.7 Å². The predicted octanol–water partition coefficient (Wildman–Crippen LogP) is 6.33. The van der Waals surface area contributed by atoms with Crippen LogP contribution in [-0.2, 0) is 14.3 Å². The summed E-state index contributed by atoms with van der Waals surface area (Å²) in [6, 6.07) is 19.9. The minimum absolute atomic E-state index is 0.0106. The van der Waals surface area contributed by atoms with E-state index in [1.54, 1.807) is 12.3 Å². The Bertz CT molecular complexity index is 2090. The zero-order valence-corrected chi connectivity index (χ0v) is 33.2. The van der Waals surface area contributed by atoms with Crippen molar-refractivity contribution in [2.75, 3.05) is 73.6 Å². The number of methoxy groups -OCH3 is 1. The largest absolute Gasteiger partial charge is 0.478 e. The third kappa shape index (κ3) is 7.80. The van der Waals surface area contributed by atoms with Crippen molar-refractivity contribution in [3.63, 3.8) is 0 Å². The fraction of sp³-hybridized carbons (Fsp3) is 0.317. The standard InChI is InChI=1S/C21H22BrN3O2.C20H20BrN3O2/c1-24-7-9-25(10-8-24)20-17-6-4-3-5-16(17)18(21(26)27-2)12-14-11-15(22)13-23-19(14)20;1-23-6-8-24(9-7-23)19-16-5-3-2-4-15(16)17(20(25)26)11-13-10-14(21)12-22-18(13)19/h3-6,11-13,20H,7-10H2,1-2H3;2-5,10-12,19H,6-9H2,1H3,(H,25,26). The summed E-state index contributed by atoms with van der Waals surface area (Å²) in [5.74, 6) is -1.24. The molecule has 8 rings (SSSR count). The number of rotatable bonds is 4. The quantitative estimate of drug-likeness (QED) is 0.235. The number of carbonyl (C=O) groups excluding carboxylic acids is 1. The zero-order valence-electron chi connectivity index (χ0n) is 30.0. The molecule has 2 saturated heterocycles. The maximum absolute atomic E-state index is 12.6. The van der Waals surface area contributed by atoms with E-state index in [0.29, 0.717) is 11.1 Å². The number of hydrogen-bond donors (Lipinski definition) is 1.